The van der Waals surface area contributed by atoms with E-state index in [2.05, 4.69) is 207 Å². The lowest BCUT2D eigenvalue weighted by atomic mass is 9.88. The molecule has 2 aromatic rings. The van der Waals surface area contributed by atoms with Gasteiger partial charge in [-0.3, -0.25) is 0 Å². The van der Waals surface area contributed by atoms with Crippen molar-refractivity contribution in [3.63, 3.8) is 0 Å². The van der Waals surface area contributed by atoms with E-state index in [0.29, 0.717) is 76.5 Å². The minimum atomic E-state index is 0.101. The molecule has 2 aromatic heterocycles. The van der Waals surface area contributed by atoms with E-state index in [1.165, 1.54) is 41.6 Å². The molecule has 0 aromatic carbocycles. The van der Waals surface area contributed by atoms with Gasteiger partial charge in [0.15, 0.2) is 0 Å². The Hall–Kier alpha value is -2.00. The van der Waals surface area contributed by atoms with E-state index in [-0.39, 0.29) is 15.3 Å². The number of thiazole rings is 2. The molecule has 0 N–H and O–H groups in total. The van der Waals surface area contributed by atoms with E-state index < -0.39 is 0 Å². The number of allylic oxidation sites excluding steroid dienone is 8. The molecule has 0 saturated carbocycles. The molecule has 2 rings (SSSR count). The molecule has 0 spiro atoms. The molecule has 386 valence electrons. The first-order valence-corrected chi connectivity index (χ1v) is 29.5. The third kappa shape index (κ3) is 25.4. The summed E-state index contributed by atoms with van der Waals surface area (Å²) in [7, 11) is 0. The van der Waals surface area contributed by atoms with Gasteiger partial charge in [0.25, 0.3) is 0 Å². The maximum atomic E-state index is 11.6. The highest BCUT2D eigenvalue weighted by Crippen LogP contribution is 2.42. The molecule has 0 aliphatic heterocycles. The molecule has 0 fully saturated rings. The molecule has 0 unspecified atom stereocenters. The average Bonchev–Trinajstić information content (AvgIpc) is 3.85. The Morgan fingerprint density at radius 2 is 1.04 bits per heavy atom. The van der Waals surface area contributed by atoms with Gasteiger partial charge in [-0.05, 0) is 147 Å². The van der Waals surface area contributed by atoms with Gasteiger partial charge in [-0.15, -0.1) is 22.7 Å². The summed E-state index contributed by atoms with van der Waals surface area (Å²) in [6, 6.07) is 0. The largest absolute Gasteiger partial charge is 0.300 e. The van der Waals surface area contributed by atoms with Gasteiger partial charge < -0.3 is 9.59 Å². The topological polar surface area (TPSA) is 59.9 Å². The highest BCUT2D eigenvalue weighted by molar-refractivity contribution is 8.01. The number of thioether (sulfide) groups is 2. The van der Waals surface area contributed by atoms with Crippen LogP contribution in [0.15, 0.2) is 57.4 Å². The number of nitrogens with zero attached hydrogens (tertiary/aromatic N) is 2. The number of aromatic nitrogens is 2. The van der Waals surface area contributed by atoms with Crippen LogP contribution in [0.5, 0.6) is 0 Å². The molecule has 68 heavy (non-hydrogen) atoms. The minimum Gasteiger partial charge on any atom is -0.300 e. The fourth-order valence-corrected chi connectivity index (χ4v) is 12.8. The maximum Gasteiger partial charge on any atom is 0.130 e. The fourth-order valence-electron chi connectivity index (χ4n) is 8.22. The SMILES string of the molecule is CC(=O)C[C@H](C)C(C)(C)S[C@H](C)[C@@H](C)[C@@H](C)/C=C\C/C(C)=C\C[C@H](C)/C(C)=C/c1csc(C)n1.CC(=O)C[C@H](C)C(C)(C)S[C@H](C)[C@@H](C)[C@@H](C)CCC/C(C)=C\C[C@H](C)/C(C)=C/c1csc(C)n1. The van der Waals surface area contributed by atoms with Crippen molar-refractivity contribution >= 4 is 69.9 Å². The second kappa shape index (κ2) is 31.5. The van der Waals surface area contributed by atoms with Crippen molar-refractivity contribution in [1.82, 2.24) is 9.97 Å². The zero-order valence-electron chi connectivity index (χ0n) is 47.4. The molecule has 0 bridgehead atoms. The number of rotatable bonds is 29. The maximum absolute atomic E-state index is 11.6. The van der Waals surface area contributed by atoms with Crippen LogP contribution in [0.1, 0.15) is 211 Å². The highest BCUT2D eigenvalue weighted by Gasteiger charge is 2.33. The molecule has 0 aliphatic carbocycles. The second-order valence-electron chi connectivity index (χ2n) is 22.3. The summed E-state index contributed by atoms with van der Waals surface area (Å²) in [4.78, 5) is 32.3. The number of Topliss-reactive ketones (excluding diaryl/α,β-unsaturated/α-hetero) is 2. The third-order valence-electron chi connectivity index (χ3n) is 15.1. The van der Waals surface area contributed by atoms with Crippen molar-refractivity contribution in [3.05, 3.63) is 78.8 Å². The molecule has 0 saturated heterocycles. The number of hydrogen-bond donors (Lipinski definition) is 0. The Bertz CT molecular complexity index is 1960. The lowest BCUT2D eigenvalue weighted by molar-refractivity contribution is -0.118. The Morgan fingerprint density at radius 3 is 1.44 bits per heavy atom. The van der Waals surface area contributed by atoms with Crippen molar-refractivity contribution in [2.45, 2.75) is 224 Å². The highest BCUT2D eigenvalue weighted by atomic mass is 32.2. The van der Waals surface area contributed by atoms with Crippen LogP contribution < -0.4 is 0 Å². The summed E-state index contributed by atoms with van der Waals surface area (Å²) in [6.45, 7) is 49.0. The molecule has 2 heterocycles. The lowest BCUT2D eigenvalue weighted by Gasteiger charge is -2.37. The van der Waals surface area contributed by atoms with Crippen LogP contribution in [-0.2, 0) is 9.59 Å². The summed E-state index contributed by atoms with van der Waals surface area (Å²) < 4.78 is 0.226. The monoisotopic (exact) mass is 1010 g/mol. The third-order valence-corrected chi connectivity index (χ3v) is 20.3. The first-order chi connectivity index (χ1) is 31.4. The van der Waals surface area contributed by atoms with Crippen molar-refractivity contribution < 1.29 is 9.59 Å². The molecule has 0 radical (unpaired) electrons. The molecule has 0 amide bonds. The Morgan fingerprint density at radius 1 is 0.632 bits per heavy atom. The van der Waals surface area contributed by atoms with Crippen molar-refractivity contribution in [1.29, 1.82) is 0 Å². The standard InChI is InChI=1S/C30H51NOS2.C30H49NOS2/c2*1-20(15-16-21(2)23(4)17-29-19-33-28(9)31-29)13-12-14-22(3)26(7)27(8)34-30(10,11)24(5)18-25(6)32/h15,17,19,21-22,24,26-27H,12-14,16,18H2,1-11H3;12,14-15,17,19,21-22,24,26-27H,13,16,18H2,1-11H3/b20-15-,23-17+;14-12-,20-15-,23-17+/t2*21-,22-,24-,26-,27+/m00/s1. The van der Waals surface area contributed by atoms with Gasteiger partial charge in [-0.25, -0.2) is 9.97 Å². The van der Waals surface area contributed by atoms with Crippen LogP contribution in [0, 0.1) is 61.2 Å². The van der Waals surface area contributed by atoms with Crippen molar-refractivity contribution in [2.24, 2.45) is 47.3 Å². The zero-order valence-corrected chi connectivity index (χ0v) is 50.7. The van der Waals surface area contributed by atoms with Gasteiger partial charge >= 0.3 is 0 Å². The Labute approximate surface area is 436 Å². The predicted molar refractivity (Wildman–Crippen MR) is 312 cm³/mol. The molecule has 0 aliphatic rings. The number of carbonyl (C=O) groups is 2. The Balaban J connectivity index is 0.000000680. The number of aryl methyl sites for hydroxylation is 2. The van der Waals surface area contributed by atoms with E-state index in [0.717, 1.165) is 40.7 Å². The predicted octanol–water partition coefficient (Wildman–Crippen LogP) is 19.3. The van der Waals surface area contributed by atoms with Gasteiger partial charge in [0, 0.05) is 43.6 Å². The van der Waals surface area contributed by atoms with Crippen LogP contribution in [0.3, 0.4) is 0 Å². The number of carbonyl (C=O) groups excluding carboxylic acids is 2. The zero-order chi connectivity index (χ0) is 52.1. The van der Waals surface area contributed by atoms with Crippen LogP contribution in [0.4, 0.5) is 0 Å². The van der Waals surface area contributed by atoms with E-state index in [1.54, 1.807) is 36.5 Å². The van der Waals surface area contributed by atoms with E-state index >= 15 is 0 Å². The summed E-state index contributed by atoms with van der Waals surface area (Å²) in [5, 5.41) is 7.65. The smallest absolute Gasteiger partial charge is 0.130 e. The van der Waals surface area contributed by atoms with Gasteiger partial charge in [0.2, 0.25) is 0 Å². The molecular formula is C60H100N2O2S4. The van der Waals surface area contributed by atoms with E-state index in [1.807, 2.05) is 11.8 Å². The Kier molecular flexibility index (Phi) is 29.6. The molecule has 10 atom stereocenters. The van der Waals surface area contributed by atoms with Crippen LogP contribution in [0.25, 0.3) is 12.2 Å². The number of ketones is 2. The van der Waals surface area contributed by atoms with Crippen LogP contribution >= 0.6 is 46.2 Å². The van der Waals surface area contributed by atoms with E-state index in [9.17, 15) is 9.59 Å². The van der Waals surface area contributed by atoms with Crippen LogP contribution in [0.2, 0.25) is 0 Å². The average molecular weight is 1010 g/mol. The lowest BCUT2D eigenvalue weighted by Crippen LogP contribution is -2.32. The van der Waals surface area contributed by atoms with Gasteiger partial charge in [0.05, 0.1) is 21.4 Å². The van der Waals surface area contributed by atoms with Crippen molar-refractivity contribution in [3.8, 4) is 0 Å². The quantitative estimate of drug-likeness (QED) is 0.0757. The number of hydrogen-bond acceptors (Lipinski definition) is 8. The first-order valence-electron chi connectivity index (χ1n) is 26.0. The van der Waals surface area contributed by atoms with Gasteiger partial charge in [0.1, 0.15) is 11.6 Å². The summed E-state index contributed by atoms with van der Waals surface area (Å²) in [5.41, 5.74) is 7.93. The molecule has 4 nitrogen and oxygen atoms in total. The first kappa shape index (κ1) is 64.0. The normalized spacial score (nSPS) is 18.0. The molecular weight excluding hydrogens is 909 g/mol. The van der Waals surface area contributed by atoms with Gasteiger partial charge in [-0.1, -0.05) is 150 Å². The van der Waals surface area contributed by atoms with Gasteiger partial charge in [-0.2, -0.15) is 23.5 Å². The summed E-state index contributed by atoms with van der Waals surface area (Å²) >= 11 is 7.53. The second-order valence-corrected chi connectivity index (χ2v) is 28.5. The summed E-state index contributed by atoms with van der Waals surface area (Å²) in [6.07, 6.45) is 22.3. The summed E-state index contributed by atoms with van der Waals surface area (Å²) in [5.74, 6) is 4.92. The van der Waals surface area contributed by atoms with Crippen LogP contribution in [-0.4, -0.2) is 41.5 Å². The van der Waals surface area contributed by atoms with E-state index in [4.69, 9.17) is 0 Å². The van der Waals surface area contributed by atoms with Crippen molar-refractivity contribution in [2.75, 3.05) is 0 Å². The fraction of sp³-hybridized carbons (Fsp3) is 0.700. The molecule has 8 heteroatoms. The minimum absolute atomic E-state index is 0.101.